The van der Waals surface area contributed by atoms with Gasteiger partial charge in [-0.15, -0.1) is 0 Å². The molecule has 0 bridgehead atoms. The summed E-state index contributed by atoms with van der Waals surface area (Å²) in [6.07, 6.45) is 4.09. The molecule has 0 unspecified atom stereocenters. The van der Waals surface area contributed by atoms with Gasteiger partial charge in [0.1, 0.15) is 5.82 Å². The number of halogens is 3. The van der Waals surface area contributed by atoms with E-state index in [0.29, 0.717) is 28.2 Å². The number of piperazine rings is 1. The van der Waals surface area contributed by atoms with Gasteiger partial charge in [0, 0.05) is 56.5 Å². The van der Waals surface area contributed by atoms with Crippen LogP contribution in [0.5, 0.6) is 0 Å². The van der Waals surface area contributed by atoms with Crippen molar-refractivity contribution >= 4 is 46.5 Å². The van der Waals surface area contributed by atoms with Crippen molar-refractivity contribution in [2.45, 2.75) is 38.9 Å². The number of nitrogens with one attached hydrogen (secondary N) is 1. The highest BCUT2D eigenvalue weighted by Gasteiger charge is 2.28. The molecular weight excluding hydrogens is 553 g/mol. The second-order valence-electron chi connectivity index (χ2n) is 10.5. The Labute approximate surface area is 245 Å². The van der Waals surface area contributed by atoms with E-state index >= 15 is 0 Å². The molecule has 3 aromatic rings. The quantitative estimate of drug-likeness (QED) is 0.364. The third kappa shape index (κ3) is 7.24. The number of nitrogens with zero attached hydrogens (tertiary/aromatic N) is 4. The molecule has 2 aliphatic rings. The molecule has 2 fully saturated rings. The van der Waals surface area contributed by atoms with Gasteiger partial charge >= 0.3 is 0 Å². The lowest BCUT2D eigenvalue weighted by molar-refractivity contribution is 0.0950. The van der Waals surface area contributed by atoms with Crippen molar-refractivity contribution < 1.29 is 4.79 Å². The lowest BCUT2D eigenvalue weighted by atomic mass is 10.0. The minimum atomic E-state index is -0.157. The number of benzene rings is 2. The molecule has 6 nitrogen and oxygen atoms in total. The van der Waals surface area contributed by atoms with Crippen LogP contribution in [-0.2, 0) is 13.1 Å². The van der Waals surface area contributed by atoms with Gasteiger partial charge in [0.05, 0.1) is 15.6 Å². The number of rotatable bonds is 7. The van der Waals surface area contributed by atoms with Crippen LogP contribution in [-0.4, -0.2) is 66.0 Å². The average molecular weight is 587 g/mol. The Bertz CT molecular complexity index is 1290. The maximum absolute atomic E-state index is 12.7. The molecule has 2 aromatic carbocycles. The Morgan fingerprint density at radius 2 is 1.59 bits per heavy atom. The summed E-state index contributed by atoms with van der Waals surface area (Å²) in [4.78, 5) is 25.0. The summed E-state index contributed by atoms with van der Waals surface area (Å²) < 4.78 is 0. The Morgan fingerprint density at radius 1 is 0.897 bits per heavy atom. The van der Waals surface area contributed by atoms with Gasteiger partial charge in [-0.25, -0.2) is 4.98 Å². The molecule has 0 spiro atoms. The number of carbonyl (C=O) groups is 1. The zero-order valence-corrected chi connectivity index (χ0v) is 24.4. The monoisotopic (exact) mass is 585 g/mol. The fourth-order valence-electron chi connectivity index (χ4n) is 5.55. The molecular formula is C30H34Cl3N5O. The number of carbonyl (C=O) groups excluding carboxylic acids is 1. The van der Waals surface area contributed by atoms with Crippen LogP contribution in [0.4, 0.5) is 5.82 Å². The second-order valence-corrected chi connectivity index (χ2v) is 11.7. The molecule has 1 aromatic heterocycles. The molecule has 1 N–H and O–H groups in total. The second kappa shape index (κ2) is 12.9. The summed E-state index contributed by atoms with van der Waals surface area (Å²) in [7, 11) is 0. The largest absolute Gasteiger partial charge is 0.354 e. The van der Waals surface area contributed by atoms with E-state index in [9.17, 15) is 4.79 Å². The van der Waals surface area contributed by atoms with Gasteiger partial charge in [-0.1, -0.05) is 53.0 Å². The fraction of sp³-hybridized carbons (Fsp3) is 0.400. The first-order valence-electron chi connectivity index (χ1n) is 13.5. The van der Waals surface area contributed by atoms with Crippen LogP contribution >= 0.6 is 34.8 Å². The minimum Gasteiger partial charge on any atom is -0.354 e. The zero-order valence-electron chi connectivity index (χ0n) is 22.2. The maximum Gasteiger partial charge on any atom is 0.253 e. The Kier molecular flexibility index (Phi) is 9.31. The Morgan fingerprint density at radius 3 is 2.26 bits per heavy atom. The number of anilines is 1. The van der Waals surface area contributed by atoms with E-state index in [-0.39, 0.29) is 5.91 Å². The first kappa shape index (κ1) is 28.2. The van der Waals surface area contributed by atoms with Crippen molar-refractivity contribution in [3.05, 3.63) is 92.0 Å². The van der Waals surface area contributed by atoms with Crippen molar-refractivity contribution in [1.82, 2.24) is 20.1 Å². The number of aryl methyl sites for hydroxylation is 1. The number of aromatic nitrogens is 1. The van der Waals surface area contributed by atoms with Crippen molar-refractivity contribution in [2.24, 2.45) is 0 Å². The number of hydrogen-bond acceptors (Lipinski definition) is 5. The number of hydrogen-bond donors (Lipinski definition) is 1. The smallest absolute Gasteiger partial charge is 0.253 e. The summed E-state index contributed by atoms with van der Waals surface area (Å²) in [5.74, 6) is 0.809. The summed E-state index contributed by atoms with van der Waals surface area (Å²) >= 11 is 18.1. The molecule has 3 heterocycles. The highest BCUT2D eigenvalue weighted by molar-refractivity contribution is 6.42. The van der Waals surface area contributed by atoms with Crippen molar-refractivity contribution in [3.8, 4) is 0 Å². The molecule has 0 atom stereocenters. The standard InChI is InChI=1S/C30H34Cl3N5O/c1-21-16-24(30(39)35-18-23-4-7-27(32)28(33)17-23)19-34-29(21)38-14-12-37(13-15-38)26-8-10-36(11-9-26)20-22-2-5-25(31)6-3-22/h2-7,16-17,19,26H,8-15,18,20H2,1H3,(H,35,39). The van der Waals surface area contributed by atoms with Gasteiger partial charge < -0.3 is 10.2 Å². The van der Waals surface area contributed by atoms with Gasteiger partial charge in [-0.2, -0.15) is 0 Å². The van der Waals surface area contributed by atoms with Crippen LogP contribution in [0.2, 0.25) is 15.1 Å². The van der Waals surface area contributed by atoms with Crippen LogP contribution < -0.4 is 10.2 Å². The summed E-state index contributed by atoms with van der Waals surface area (Å²) in [5.41, 5.74) is 3.79. The van der Waals surface area contributed by atoms with Crippen LogP contribution in [0.1, 0.15) is 39.9 Å². The Balaban J connectivity index is 1.08. The molecule has 39 heavy (non-hydrogen) atoms. The van der Waals surface area contributed by atoms with Gasteiger partial charge in [-0.3, -0.25) is 14.6 Å². The van der Waals surface area contributed by atoms with Gasteiger partial charge in [0.2, 0.25) is 0 Å². The summed E-state index contributed by atoms with van der Waals surface area (Å²) in [5, 5.41) is 4.71. The van der Waals surface area contributed by atoms with Crippen LogP contribution in [0.3, 0.4) is 0 Å². The predicted molar refractivity (Wildman–Crippen MR) is 160 cm³/mol. The van der Waals surface area contributed by atoms with E-state index in [1.54, 1.807) is 18.3 Å². The number of amides is 1. The van der Waals surface area contributed by atoms with Gasteiger partial charge in [0.25, 0.3) is 5.91 Å². The van der Waals surface area contributed by atoms with Gasteiger partial charge in [-0.05, 0) is 79.9 Å². The Hall–Kier alpha value is -2.35. The summed E-state index contributed by atoms with van der Waals surface area (Å²) in [6, 6.07) is 16.1. The molecule has 5 rings (SSSR count). The number of piperidine rings is 1. The third-order valence-electron chi connectivity index (χ3n) is 7.76. The van der Waals surface area contributed by atoms with E-state index in [2.05, 4.69) is 37.1 Å². The third-order valence-corrected chi connectivity index (χ3v) is 8.75. The van der Waals surface area contributed by atoms with Crippen LogP contribution in [0, 0.1) is 6.92 Å². The SMILES string of the molecule is Cc1cc(C(=O)NCc2ccc(Cl)c(Cl)c2)cnc1N1CCN(C2CCN(Cc3ccc(Cl)cc3)CC2)CC1. The number of likely N-dealkylation sites (tertiary alicyclic amines) is 1. The summed E-state index contributed by atoms with van der Waals surface area (Å²) in [6.45, 7) is 9.62. The van der Waals surface area contributed by atoms with Crippen LogP contribution in [0.25, 0.3) is 0 Å². The molecule has 1 amide bonds. The maximum atomic E-state index is 12.7. The lowest BCUT2D eigenvalue weighted by Gasteiger charge is -2.43. The fourth-order valence-corrected chi connectivity index (χ4v) is 5.99. The first-order valence-corrected chi connectivity index (χ1v) is 14.6. The molecule has 2 saturated heterocycles. The van der Waals surface area contributed by atoms with Crippen molar-refractivity contribution in [2.75, 3.05) is 44.2 Å². The van der Waals surface area contributed by atoms with E-state index in [4.69, 9.17) is 34.8 Å². The topological polar surface area (TPSA) is 51.7 Å². The van der Waals surface area contributed by atoms with E-state index in [1.165, 1.54) is 18.4 Å². The molecule has 9 heteroatoms. The molecule has 0 saturated carbocycles. The molecule has 0 aliphatic carbocycles. The zero-order chi connectivity index (χ0) is 27.4. The predicted octanol–water partition coefficient (Wildman–Crippen LogP) is 6.07. The molecule has 206 valence electrons. The van der Waals surface area contributed by atoms with Crippen LogP contribution in [0.15, 0.2) is 54.7 Å². The highest BCUT2D eigenvalue weighted by atomic mass is 35.5. The minimum absolute atomic E-state index is 0.157. The van der Waals surface area contributed by atoms with E-state index in [0.717, 1.165) is 67.8 Å². The van der Waals surface area contributed by atoms with E-state index in [1.807, 2.05) is 31.2 Å². The molecule has 0 radical (unpaired) electrons. The normalized spacial score (nSPS) is 17.4. The average Bonchev–Trinajstić information content (AvgIpc) is 2.95. The highest BCUT2D eigenvalue weighted by Crippen LogP contribution is 2.25. The van der Waals surface area contributed by atoms with E-state index < -0.39 is 0 Å². The van der Waals surface area contributed by atoms with Crippen molar-refractivity contribution in [1.29, 1.82) is 0 Å². The van der Waals surface area contributed by atoms with Gasteiger partial charge in [0.15, 0.2) is 0 Å². The lowest BCUT2D eigenvalue weighted by Crippen LogP contribution is -2.53. The van der Waals surface area contributed by atoms with Crippen molar-refractivity contribution in [3.63, 3.8) is 0 Å². The first-order chi connectivity index (χ1) is 18.9. The number of pyridine rings is 1. The molecule has 2 aliphatic heterocycles.